The number of aryl methyl sites for hydroxylation is 1. The van der Waals surface area contributed by atoms with E-state index in [0.717, 1.165) is 9.87 Å². The number of hydrogen-bond acceptors (Lipinski definition) is 5. The summed E-state index contributed by atoms with van der Waals surface area (Å²) in [5.41, 5.74) is 1.56. The first kappa shape index (κ1) is 31.6. The molecule has 0 radical (unpaired) electrons. The van der Waals surface area contributed by atoms with E-state index in [-0.39, 0.29) is 41.1 Å². The number of halogens is 1. The Hall–Kier alpha value is -3.92. The van der Waals surface area contributed by atoms with Gasteiger partial charge in [0.25, 0.3) is 10.0 Å². The largest absolute Gasteiger partial charge is 0.495 e. The van der Waals surface area contributed by atoms with E-state index in [2.05, 4.69) is 5.32 Å². The maximum atomic E-state index is 14.1. The Bertz CT molecular complexity index is 1430. The molecule has 41 heavy (non-hydrogen) atoms. The lowest BCUT2D eigenvalue weighted by Gasteiger charge is -2.33. The molecule has 0 aliphatic carbocycles. The van der Waals surface area contributed by atoms with Crippen LogP contribution in [0.4, 0.5) is 10.1 Å². The number of ether oxygens (including phenoxy) is 1. The van der Waals surface area contributed by atoms with Crippen LogP contribution in [0.1, 0.15) is 38.3 Å². The predicted molar refractivity (Wildman–Crippen MR) is 158 cm³/mol. The van der Waals surface area contributed by atoms with Gasteiger partial charge in [-0.25, -0.2) is 12.8 Å². The Morgan fingerprint density at radius 3 is 2.24 bits per heavy atom. The van der Waals surface area contributed by atoms with E-state index in [1.165, 1.54) is 48.4 Å². The third-order valence-electron chi connectivity index (χ3n) is 6.55. The van der Waals surface area contributed by atoms with Crippen molar-refractivity contribution in [3.8, 4) is 5.75 Å². The van der Waals surface area contributed by atoms with Crippen molar-refractivity contribution in [3.63, 3.8) is 0 Å². The molecule has 8 nitrogen and oxygen atoms in total. The van der Waals surface area contributed by atoms with E-state index in [0.29, 0.717) is 12.1 Å². The molecule has 0 aliphatic heterocycles. The zero-order valence-electron chi connectivity index (χ0n) is 24.1. The fraction of sp³-hybridized carbons (Fsp3) is 0.355. The summed E-state index contributed by atoms with van der Waals surface area (Å²) in [5.74, 6) is -0.904. The van der Waals surface area contributed by atoms with E-state index in [1.54, 1.807) is 43.3 Å². The zero-order valence-corrected chi connectivity index (χ0v) is 24.9. The molecule has 10 heteroatoms. The predicted octanol–water partition coefficient (Wildman–Crippen LogP) is 4.92. The summed E-state index contributed by atoms with van der Waals surface area (Å²) in [6.45, 7) is 7.33. The van der Waals surface area contributed by atoms with Gasteiger partial charge in [0.1, 0.15) is 24.2 Å². The quantitative estimate of drug-likeness (QED) is 0.308. The van der Waals surface area contributed by atoms with Gasteiger partial charge in [0.2, 0.25) is 11.8 Å². The van der Waals surface area contributed by atoms with Gasteiger partial charge in [-0.2, -0.15) is 0 Å². The number of carbonyl (C=O) groups excluding carboxylic acids is 2. The van der Waals surface area contributed by atoms with E-state index >= 15 is 0 Å². The van der Waals surface area contributed by atoms with Gasteiger partial charge in [-0.05, 0) is 66.8 Å². The summed E-state index contributed by atoms with van der Waals surface area (Å²) in [6.07, 6.45) is 0.288. The van der Waals surface area contributed by atoms with Crippen LogP contribution in [-0.4, -0.2) is 51.4 Å². The summed E-state index contributed by atoms with van der Waals surface area (Å²) >= 11 is 0. The number of amides is 2. The maximum Gasteiger partial charge on any atom is 0.264 e. The van der Waals surface area contributed by atoms with Gasteiger partial charge in [0, 0.05) is 13.1 Å². The van der Waals surface area contributed by atoms with Crippen LogP contribution in [0.3, 0.4) is 0 Å². The first-order valence-corrected chi connectivity index (χ1v) is 15.0. The Morgan fingerprint density at radius 1 is 1.00 bits per heavy atom. The minimum atomic E-state index is -4.23. The van der Waals surface area contributed by atoms with E-state index in [9.17, 15) is 22.4 Å². The molecule has 3 aromatic carbocycles. The highest BCUT2D eigenvalue weighted by Gasteiger charge is 2.34. The van der Waals surface area contributed by atoms with Crippen molar-refractivity contribution in [2.75, 3.05) is 24.5 Å². The molecule has 0 spiro atoms. The number of rotatable bonds is 13. The minimum Gasteiger partial charge on any atom is -0.495 e. The average molecular weight is 584 g/mol. The van der Waals surface area contributed by atoms with Gasteiger partial charge in [-0.15, -0.1) is 0 Å². The van der Waals surface area contributed by atoms with Gasteiger partial charge in [0.05, 0.1) is 17.7 Å². The van der Waals surface area contributed by atoms with Crippen LogP contribution in [0.15, 0.2) is 77.7 Å². The summed E-state index contributed by atoms with van der Waals surface area (Å²) in [6, 6.07) is 17.7. The monoisotopic (exact) mass is 583 g/mol. The molecule has 0 saturated carbocycles. The smallest absolute Gasteiger partial charge is 0.264 e. The normalized spacial score (nSPS) is 12.1. The number of methoxy groups -OCH3 is 1. The molecule has 0 bridgehead atoms. The van der Waals surface area contributed by atoms with Crippen LogP contribution in [0, 0.1) is 18.7 Å². The second-order valence-electron chi connectivity index (χ2n) is 10.2. The minimum absolute atomic E-state index is 0.00293. The lowest BCUT2D eigenvalue weighted by Crippen LogP contribution is -2.52. The summed E-state index contributed by atoms with van der Waals surface area (Å²) in [5, 5.41) is 2.89. The first-order chi connectivity index (χ1) is 19.5. The van der Waals surface area contributed by atoms with Crippen molar-refractivity contribution in [2.45, 2.75) is 51.6 Å². The van der Waals surface area contributed by atoms with Crippen LogP contribution < -0.4 is 14.4 Å². The van der Waals surface area contributed by atoms with Gasteiger partial charge in [-0.3, -0.25) is 13.9 Å². The molecule has 1 N–H and O–H groups in total. The van der Waals surface area contributed by atoms with Gasteiger partial charge >= 0.3 is 0 Å². The molecule has 1 unspecified atom stereocenters. The number of benzene rings is 3. The highest BCUT2D eigenvalue weighted by atomic mass is 32.2. The Balaban J connectivity index is 2.10. The maximum absolute atomic E-state index is 14.1. The molecule has 2 amide bonds. The Labute approximate surface area is 242 Å². The van der Waals surface area contributed by atoms with Crippen LogP contribution in [0.25, 0.3) is 0 Å². The summed E-state index contributed by atoms with van der Waals surface area (Å²) in [4.78, 5) is 28.8. The topological polar surface area (TPSA) is 96.0 Å². The number of nitrogens with one attached hydrogen (secondary N) is 1. The number of carbonyl (C=O) groups is 2. The number of hydrogen-bond donors (Lipinski definition) is 1. The van der Waals surface area contributed by atoms with E-state index in [1.807, 2.05) is 20.8 Å². The highest BCUT2D eigenvalue weighted by Crippen LogP contribution is 2.33. The van der Waals surface area contributed by atoms with Crippen molar-refractivity contribution in [1.29, 1.82) is 0 Å². The second-order valence-corrected chi connectivity index (χ2v) is 12.1. The standard InChI is InChI=1S/C31H38FN3O5S/c1-6-27(31(37)33-19-22(2)3)34(20-24-13-15-25(32)16-14-24)30(36)21-35(28-18-23(4)12-17-29(28)40-5)41(38,39)26-10-8-7-9-11-26/h7-18,22,27H,6,19-21H2,1-5H3,(H,33,37). The van der Waals surface area contributed by atoms with Crippen LogP contribution in [-0.2, 0) is 26.2 Å². The fourth-order valence-electron chi connectivity index (χ4n) is 4.36. The zero-order chi connectivity index (χ0) is 30.2. The van der Waals surface area contributed by atoms with Gasteiger partial charge in [0.15, 0.2) is 0 Å². The molecule has 3 rings (SSSR count). The van der Waals surface area contributed by atoms with Crippen LogP contribution >= 0.6 is 0 Å². The molecule has 0 heterocycles. The third-order valence-corrected chi connectivity index (χ3v) is 8.32. The van der Waals surface area contributed by atoms with Crippen molar-refractivity contribution < 1.29 is 27.1 Å². The summed E-state index contributed by atoms with van der Waals surface area (Å²) in [7, 11) is -2.80. The molecule has 0 saturated heterocycles. The van der Waals surface area contributed by atoms with Crippen molar-refractivity contribution >= 4 is 27.5 Å². The lowest BCUT2D eigenvalue weighted by molar-refractivity contribution is -0.140. The molecule has 0 aliphatic rings. The SMILES string of the molecule is CCC(C(=O)NCC(C)C)N(Cc1ccc(F)cc1)C(=O)CN(c1cc(C)ccc1OC)S(=O)(=O)c1ccccc1. The van der Waals surface area contributed by atoms with Gasteiger partial charge in [-0.1, -0.05) is 57.2 Å². The summed E-state index contributed by atoms with van der Waals surface area (Å²) < 4.78 is 48.1. The van der Waals surface area contributed by atoms with Crippen molar-refractivity contribution in [3.05, 3.63) is 89.7 Å². The number of nitrogens with zero attached hydrogens (tertiary/aromatic N) is 2. The molecular weight excluding hydrogens is 545 g/mol. The van der Waals surface area contributed by atoms with E-state index in [4.69, 9.17) is 4.74 Å². The second kappa shape index (κ2) is 14.1. The molecule has 0 aromatic heterocycles. The van der Waals surface area contributed by atoms with Crippen molar-refractivity contribution in [2.24, 2.45) is 5.92 Å². The third kappa shape index (κ3) is 8.07. The fourth-order valence-corrected chi connectivity index (χ4v) is 5.79. The highest BCUT2D eigenvalue weighted by molar-refractivity contribution is 7.92. The molecular formula is C31H38FN3O5S. The number of anilines is 1. The first-order valence-electron chi connectivity index (χ1n) is 13.5. The molecule has 220 valence electrons. The average Bonchev–Trinajstić information content (AvgIpc) is 2.95. The Morgan fingerprint density at radius 2 is 1.66 bits per heavy atom. The number of sulfonamides is 1. The lowest BCUT2D eigenvalue weighted by atomic mass is 10.1. The molecule has 1 atom stereocenters. The van der Waals surface area contributed by atoms with Gasteiger partial charge < -0.3 is 15.0 Å². The van der Waals surface area contributed by atoms with Crippen LogP contribution in [0.5, 0.6) is 5.75 Å². The molecule has 0 fully saturated rings. The Kier molecular flexibility index (Phi) is 10.9. The molecule has 3 aromatic rings. The van der Waals surface area contributed by atoms with Crippen LogP contribution in [0.2, 0.25) is 0 Å². The van der Waals surface area contributed by atoms with E-state index < -0.39 is 34.3 Å². The van der Waals surface area contributed by atoms with Crippen molar-refractivity contribution in [1.82, 2.24) is 10.2 Å².